The number of benzene rings is 1. The van der Waals surface area contributed by atoms with Crippen LogP contribution in [0.1, 0.15) is 31.2 Å². The molecule has 0 aliphatic carbocycles. The van der Waals surface area contributed by atoms with Gasteiger partial charge >= 0.3 is 0 Å². The second-order valence-electron chi connectivity index (χ2n) is 4.46. The van der Waals surface area contributed by atoms with Gasteiger partial charge in [0.25, 0.3) is 0 Å². The standard InChI is InChI=1S/C13H20BrNO3S/c14-13-7-5-12(6-8-13)11-18-9-3-1-2-4-10-19(15,16)17/h5-8H,1-4,9-11H2,(H2,15,16,17). The topological polar surface area (TPSA) is 69.4 Å². The number of rotatable bonds is 9. The van der Waals surface area contributed by atoms with Gasteiger partial charge in [0.2, 0.25) is 10.0 Å². The normalized spacial score (nSPS) is 11.7. The highest BCUT2D eigenvalue weighted by atomic mass is 79.9. The molecule has 0 saturated carbocycles. The quantitative estimate of drug-likeness (QED) is 0.697. The molecule has 6 heteroatoms. The molecule has 0 aromatic heterocycles. The number of primary sulfonamides is 1. The maximum atomic E-state index is 10.7. The van der Waals surface area contributed by atoms with E-state index in [4.69, 9.17) is 9.88 Å². The predicted molar refractivity (Wildman–Crippen MR) is 80.2 cm³/mol. The van der Waals surface area contributed by atoms with Crippen LogP contribution in [-0.4, -0.2) is 20.8 Å². The van der Waals surface area contributed by atoms with Crippen LogP contribution in [0.25, 0.3) is 0 Å². The third-order valence-electron chi connectivity index (χ3n) is 2.65. The molecule has 0 atom stereocenters. The fraction of sp³-hybridized carbons (Fsp3) is 0.538. The van der Waals surface area contributed by atoms with E-state index >= 15 is 0 Å². The molecule has 0 amide bonds. The van der Waals surface area contributed by atoms with Crippen molar-refractivity contribution in [2.45, 2.75) is 32.3 Å². The van der Waals surface area contributed by atoms with Gasteiger partial charge in [-0.15, -0.1) is 0 Å². The minimum absolute atomic E-state index is 0.0761. The summed E-state index contributed by atoms with van der Waals surface area (Å²) in [5.74, 6) is 0.0761. The Balaban J connectivity index is 1.98. The second kappa shape index (κ2) is 8.68. The lowest BCUT2D eigenvalue weighted by Crippen LogP contribution is -2.16. The zero-order valence-electron chi connectivity index (χ0n) is 10.8. The molecule has 108 valence electrons. The second-order valence-corrected chi connectivity index (χ2v) is 7.11. The summed E-state index contributed by atoms with van der Waals surface area (Å²) in [6.45, 7) is 1.32. The number of unbranched alkanes of at least 4 members (excludes halogenated alkanes) is 3. The first-order valence-corrected chi connectivity index (χ1v) is 8.81. The van der Waals surface area contributed by atoms with Crippen molar-refractivity contribution >= 4 is 26.0 Å². The zero-order chi connectivity index (χ0) is 14.1. The molecular formula is C13H20BrNO3S. The predicted octanol–water partition coefficient (Wildman–Crippen LogP) is 2.81. The van der Waals surface area contributed by atoms with Gasteiger partial charge in [-0.25, -0.2) is 13.6 Å². The van der Waals surface area contributed by atoms with Gasteiger partial charge in [0.15, 0.2) is 0 Å². The fourth-order valence-corrected chi connectivity index (χ4v) is 2.50. The Labute approximate surface area is 123 Å². The Morgan fingerprint density at radius 2 is 1.68 bits per heavy atom. The van der Waals surface area contributed by atoms with Crippen LogP contribution in [0.3, 0.4) is 0 Å². The van der Waals surface area contributed by atoms with Gasteiger partial charge in [-0.05, 0) is 30.5 Å². The van der Waals surface area contributed by atoms with Crippen molar-refractivity contribution in [3.8, 4) is 0 Å². The minimum atomic E-state index is -3.30. The lowest BCUT2D eigenvalue weighted by atomic mass is 10.2. The zero-order valence-corrected chi connectivity index (χ0v) is 13.2. The molecule has 0 bridgehead atoms. The smallest absolute Gasteiger partial charge is 0.209 e. The number of ether oxygens (including phenoxy) is 1. The van der Waals surface area contributed by atoms with Gasteiger partial charge in [-0.3, -0.25) is 0 Å². The van der Waals surface area contributed by atoms with E-state index in [0.29, 0.717) is 19.6 Å². The lowest BCUT2D eigenvalue weighted by molar-refractivity contribution is 0.117. The Morgan fingerprint density at radius 3 is 2.32 bits per heavy atom. The fourth-order valence-electron chi connectivity index (χ4n) is 1.63. The van der Waals surface area contributed by atoms with Crippen LogP contribution < -0.4 is 5.14 Å². The summed E-state index contributed by atoms with van der Waals surface area (Å²) < 4.78 is 28.0. The number of hydrogen-bond acceptors (Lipinski definition) is 3. The van der Waals surface area contributed by atoms with E-state index in [2.05, 4.69) is 15.9 Å². The SMILES string of the molecule is NS(=O)(=O)CCCCCCOCc1ccc(Br)cc1. The van der Waals surface area contributed by atoms with E-state index in [9.17, 15) is 8.42 Å². The third kappa shape index (κ3) is 9.15. The maximum Gasteiger partial charge on any atom is 0.209 e. The van der Waals surface area contributed by atoms with Crippen LogP contribution in [0.15, 0.2) is 28.7 Å². The monoisotopic (exact) mass is 349 g/mol. The Kier molecular flexibility index (Phi) is 7.60. The molecule has 0 saturated heterocycles. The van der Waals surface area contributed by atoms with Gasteiger partial charge in [0.05, 0.1) is 12.4 Å². The molecule has 0 fully saturated rings. The van der Waals surface area contributed by atoms with E-state index < -0.39 is 10.0 Å². The molecule has 0 heterocycles. The van der Waals surface area contributed by atoms with Crippen LogP contribution in [0, 0.1) is 0 Å². The van der Waals surface area contributed by atoms with Gasteiger partial charge in [-0.1, -0.05) is 40.9 Å². The van der Waals surface area contributed by atoms with Crippen molar-refractivity contribution in [3.05, 3.63) is 34.3 Å². The molecule has 0 spiro atoms. The Hall–Kier alpha value is -0.430. The molecule has 0 aliphatic heterocycles. The molecule has 1 aromatic carbocycles. The van der Waals surface area contributed by atoms with Crippen LogP contribution in [0.2, 0.25) is 0 Å². The third-order valence-corrected chi connectivity index (χ3v) is 4.04. The van der Waals surface area contributed by atoms with Gasteiger partial charge < -0.3 is 4.74 Å². The first-order valence-electron chi connectivity index (χ1n) is 6.30. The van der Waals surface area contributed by atoms with Crippen molar-refractivity contribution in [1.29, 1.82) is 0 Å². The summed E-state index contributed by atoms with van der Waals surface area (Å²) in [6, 6.07) is 8.03. The highest BCUT2D eigenvalue weighted by Gasteiger charge is 2.01. The molecule has 1 rings (SSSR count). The first kappa shape index (κ1) is 16.6. The van der Waals surface area contributed by atoms with Crippen LogP contribution >= 0.6 is 15.9 Å². The molecule has 4 nitrogen and oxygen atoms in total. The number of hydrogen-bond donors (Lipinski definition) is 1. The Bertz CT molecular complexity index is 459. The summed E-state index contributed by atoms with van der Waals surface area (Å²) in [5.41, 5.74) is 1.15. The van der Waals surface area contributed by atoms with Crippen molar-refractivity contribution in [2.24, 2.45) is 5.14 Å². The molecule has 0 aliphatic rings. The summed E-state index contributed by atoms with van der Waals surface area (Å²) in [4.78, 5) is 0. The van der Waals surface area contributed by atoms with E-state index in [1.807, 2.05) is 24.3 Å². The van der Waals surface area contributed by atoms with E-state index in [1.165, 1.54) is 0 Å². The van der Waals surface area contributed by atoms with Crippen LogP contribution in [-0.2, 0) is 21.4 Å². The van der Waals surface area contributed by atoms with Crippen molar-refractivity contribution in [2.75, 3.05) is 12.4 Å². The van der Waals surface area contributed by atoms with Crippen LogP contribution in [0.4, 0.5) is 0 Å². The average molecular weight is 350 g/mol. The number of nitrogens with two attached hydrogens (primary N) is 1. The minimum Gasteiger partial charge on any atom is -0.377 e. The lowest BCUT2D eigenvalue weighted by Gasteiger charge is -2.04. The van der Waals surface area contributed by atoms with Crippen LogP contribution in [0.5, 0.6) is 0 Å². The maximum absolute atomic E-state index is 10.7. The number of sulfonamides is 1. The molecule has 0 radical (unpaired) electrons. The summed E-state index contributed by atoms with van der Waals surface area (Å²) in [5, 5.41) is 4.92. The largest absolute Gasteiger partial charge is 0.377 e. The van der Waals surface area contributed by atoms with E-state index in [1.54, 1.807) is 0 Å². The van der Waals surface area contributed by atoms with Gasteiger partial charge in [-0.2, -0.15) is 0 Å². The first-order chi connectivity index (χ1) is 8.97. The van der Waals surface area contributed by atoms with E-state index in [-0.39, 0.29) is 5.75 Å². The average Bonchev–Trinajstić information content (AvgIpc) is 2.33. The molecule has 0 unspecified atom stereocenters. The van der Waals surface area contributed by atoms with Gasteiger partial charge in [0.1, 0.15) is 0 Å². The van der Waals surface area contributed by atoms with Crippen molar-refractivity contribution < 1.29 is 13.2 Å². The molecular weight excluding hydrogens is 330 g/mol. The summed E-state index contributed by atoms with van der Waals surface area (Å²) in [6.07, 6.45) is 3.42. The van der Waals surface area contributed by atoms with Crippen molar-refractivity contribution in [3.63, 3.8) is 0 Å². The van der Waals surface area contributed by atoms with Crippen molar-refractivity contribution in [1.82, 2.24) is 0 Å². The summed E-state index contributed by atoms with van der Waals surface area (Å²) in [7, 11) is -3.30. The number of halogens is 1. The highest BCUT2D eigenvalue weighted by Crippen LogP contribution is 2.11. The highest BCUT2D eigenvalue weighted by molar-refractivity contribution is 9.10. The van der Waals surface area contributed by atoms with E-state index in [0.717, 1.165) is 29.3 Å². The molecule has 2 N–H and O–H groups in total. The Morgan fingerprint density at radius 1 is 1.05 bits per heavy atom. The van der Waals surface area contributed by atoms with Gasteiger partial charge in [0, 0.05) is 11.1 Å². The molecule has 1 aromatic rings. The summed E-state index contributed by atoms with van der Waals surface area (Å²) >= 11 is 3.38. The molecule has 19 heavy (non-hydrogen) atoms.